The van der Waals surface area contributed by atoms with E-state index in [2.05, 4.69) is 9.98 Å². The highest BCUT2D eigenvalue weighted by Crippen LogP contribution is 2.40. The summed E-state index contributed by atoms with van der Waals surface area (Å²) < 4.78 is 28.6. The van der Waals surface area contributed by atoms with Crippen molar-refractivity contribution in [3.8, 4) is 23.0 Å². The van der Waals surface area contributed by atoms with Crippen molar-refractivity contribution in [3.05, 3.63) is 142 Å². The molecule has 2 atom stereocenters. The van der Waals surface area contributed by atoms with Crippen LogP contribution in [-0.2, 0) is 41.4 Å². The SMILES string of the molecule is COc1cc2c(cc1OCc1cccc(COc3cc4c(cc3OC)C(=O)N3CC=C(c5cn(C)c(=O)n(C)c5=O)C[C@H]3C=N4)n1)N=C[C@@H]1CC(c3cn(C)c(=O)n(C)c3=O)=CCN1C2=O. The summed E-state index contributed by atoms with van der Waals surface area (Å²) in [6.45, 7) is 0.558. The molecule has 0 bridgehead atoms. The summed E-state index contributed by atoms with van der Waals surface area (Å²) in [6, 6.07) is 11.1. The van der Waals surface area contributed by atoms with Gasteiger partial charge in [-0.25, -0.2) is 9.59 Å². The normalized spacial score (nSPS) is 17.4. The van der Waals surface area contributed by atoms with Crippen molar-refractivity contribution in [1.29, 1.82) is 0 Å². The summed E-state index contributed by atoms with van der Waals surface area (Å²) in [7, 11) is 9.03. The zero-order valence-corrected chi connectivity index (χ0v) is 37.0. The Labute approximate surface area is 376 Å². The standard InChI is InChI=1S/C47H45N9O10/c1-51-22-34(42(57)53(3)46(51)61)26-10-12-55-30(14-26)20-48-36-18-40(38(63-5)16-32(36)44(55)59)65-24-28-8-7-9-29(50-28)25-66-41-19-37-33(17-39(41)64-6)45(60)56-13-11-27(15-31(56)21-49-37)35-23-52(2)47(62)54(4)43(35)58/h7-11,16-23,30-31H,12-15,24-25H2,1-6H3/t30-,31-/m0/s1. The number of nitrogens with zero attached hydrogens (tertiary/aromatic N) is 9. The van der Waals surface area contributed by atoms with E-state index in [0.29, 0.717) is 80.9 Å². The van der Waals surface area contributed by atoms with E-state index >= 15 is 0 Å². The Morgan fingerprint density at radius 1 is 0.576 bits per heavy atom. The number of aliphatic imine (C=N–C) groups is 2. The quantitative estimate of drug-likeness (QED) is 0.199. The van der Waals surface area contributed by atoms with Crippen LogP contribution >= 0.6 is 0 Å². The van der Waals surface area contributed by atoms with Crippen LogP contribution in [0.15, 0.2) is 96.2 Å². The smallest absolute Gasteiger partial charge is 0.330 e. The van der Waals surface area contributed by atoms with Gasteiger partial charge in [0.25, 0.3) is 22.9 Å². The second-order valence-corrected chi connectivity index (χ2v) is 16.3. The van der Waals surface area contributed by atoms with E-state index in [-0.39, 0.29) is 38.1 Å². The van der Waals surface area contributed by atoms with Crippen LogP contribution in [0.4, 0.5) is 11.4 Å². The first-order valence-corrected chi connectivity index (χ1v) is 21.0. The van der Waals surface area contributed by atoms with Crippen LogP contribution in [0.5, 0.6) is 23.0 Å². The molecule has 2 aromatic carbocycles. The van der Waals surface area contributed by atoms with Gasteiger partial charge in [0.2, 0.25) is 0 Å². The molecule has 0 spiro atoms. The lowest BCUT2D eigenvalue weighted by Gasteiger charge is -2.32. The van der Waals surface area contributed by atoms with Crippen molar-refractivity contribution < 1.29 is 28.5 Å². The molecule has 19 nitrogen and oxygen atoms in total. The Balaban J connectivity index is 0.882. The van der Waals surface area contributed by atoms with Crippen LogP contribution < -0.4 is 41.4 Å². The Bertz CT molecular complexity index is 3040. The molecule has 7 heterocycles. The lowest BCUT2D eigenvalue weighted by Crippen LogP contribution is -2.44. The molecule has 9 rings (SSSR count). The van der Waals surface area contributed by atoms with Gasteiger partial charge in [-0.15, -0.1) is 0 Å². The van der Waals surface area contributed by atoms with Gasteiger partial charge in [0.05, 0.1) is 71.3 Å². The Kier molecular flexibility index (Phi) is 11.2. The molecular formula is C47H45N9O10. The number of ether oxygens (including phenoxy) is 4. The van der Waals surface area contributed by atoms with Gasteiger partial charge in [0, 0.05) is 78.2 Å². The second kappa shape index (κ2) is 17.1. The van der Waals surface area contributed by atoms with Crippen LogP contribution in [-0.4, -0.2) is 96.7 Å². The minimum absolute atomic E-state index is 0.0431. The number of hydrogen-bond acceptors (Lipinski definition) is 13. The van der Waals surface area contributed by atoms with E-state index in [4.69, 9.17) is 23.9 Å². The third-order valence-corrected chi connectivity index (χ3v) is 12.2. The van der Waals surface area contributed by atoms with Gasteiger partial charge in [0.15, 0.2) is 23.0 Å². The molecule has 0 aliphatic carbocycles. The molecule has 338 valence electrons. The lowest BCUT2D eigenvalue weighted by atomic mass is 9.95. The number of carbonyl (C=O) groups excluding carboxylic acids is 2. The van der Waals surface area contributed by atoms with E-state index in [1.54, 1.807) is 72.7 Å². The summed E-state index contributed by atoms with van der Waals surface area (Å²) in [5, 5.41) is 0. The lowest BCUT2D eigenvalue weighted by molar-refractivity contribution is 0.0740. The highest BCUT2D eigenvalue weighted by atomic mass is 16.5. The molecule has 0 saturated heterocycles. The highest BCUT2D eigenvalue weighted by Gasteiger charge is 2.35. The maximum atomic E-state index is 13.9. The zero-order chi connectivity index (χ0) is 46.6. The van der Waals surface area contributed by atoms with E-state index in [0.717, 1.165) is 20.3 Å². The van der Waals surface area contributed by atoms with Crippen LogP contribution in [0, 0.1) is 0 Å². The molecule has 0 saturated carbocycles. The molecule has 0 N–H and O–H groups in total. The molecule has 19 heteroatoms. The van der Waals surface area contributed by atoms with Crippen LogP contribution in [0.3, 0.4) is 0 Å². The van der Waals surface area contributed by atoms with Gasteiger partial charge >= 0.3 is 11.4 Å². The number of hydrogen-bond donors (Lipinski definition) is 0. The third kappa shape index (κ3) is 7.71. The van der Waals surface area contributed by atoms with Gasteiger partial charge < -0.3 is 37.9 Å². The molecular weight excluding hydrogens is 851 g/mol. The molecule has 0 fully saturated rings. The summed E-state index contributed by atoms with van der Waals surface area (Å²) >= 11 is 0. The molecule has 2 amide bonds. The molecule has 4 aliphatic rings. The van der Waals surface area contributed by atoms with Gasteiger partial charge in [-0.3, -0.25) is 43.3 Å². The maximum Gasteiger partial charge on any atom is 0.330 e. The van der Waals surface area contributed by atoms with Crippen molar-refractivity contribution in [2.75, 3.05) is 27.3 Å². The number of carbonyl (C=O) groups is 2. The number of pyridine rings is 1. The number of rotatable bonds is 10. The predicted octanol–water partition coefficient (Wildman–Crippen LogP) is 3.08. The number of methoxy groups -OCH3 is 2. The van der Waals surface area contributed by atoms with Crippen molar-refractivity contribution >= 4 is 46.8 Å². The van der Waals surface area contributed by atoms with E-state index in [9.17, 15) is 28.8 Å². The first-order valence-electron chi connectivity index (χ1n) is 21.0. The van der Waals surface area contributed by atoms with Crippen molar-refractivity contribution in [3.63, 3.8) is 0 Å². The predicted molar refractivity (Wildman–Crippen MR) is 244 cm³/mol. The van der Waals surface area contributed by atoms with Crippen molar-refractivity contribution in [2.45, 2.75) is 38.1 Å². The van der Waals surface area contributed by atoms with E-state index in [1.165, 1.54) is 49.8 Å². The number of amides is 2. The fraction of sp³-hybridized carbons (Fsp3) is 0.298. The molecule has 0 radical (unpaired) electrons. The number of benzene rings is 2. The number of aromatic nitrogens is 5. The zero-order valence-electron chi connectivity index (χ0n) is 37.0. The number of aryl methyl sites for hydroxylation is 2. The maximum absolute atomic E-state index is 13.9. The molecule has 0 unspecified atom stereocenters. The third-order valence-electron chi connectivity index (χ3n) is 12.2. The number of fused-ring (bicyclic) bond motifs is 4. The highest BCUT2D eigenvalue weighted by molar-refractivity contribution is 6.05. The first-order chi connectivity index (χ1) is 31.7. The summed E-state index contributed by atoms with van der Waals surface area (Å²) in [5.74, 6) is 0.848. The fourth-order valence-electron chi connectivity index (χ4n) is 8.59. The van der Waals surface area contributed by atoms with E-state index < -0.39 is 34.6 Å². The Morgan fingerprint density at radius 2 is 1.00 bits per heavy atom. The van der Waals surface area contributed by atoms with Crippen LogP contribution in [0.1, 0.15) is 56.1 Å². The van der Waals surface area contributed by atoms with Gasteiger partial charge in [-0.05, 0) is 48.3 Å². The summed E-state index contributed by atoms with van der Waals surface area (Å²) in [5.41, 5.74) is 3.21. The molecule has 4 aliphatic heterocycles. The average Bonchev–Trinajstić information content (AvgIpc) is 3.55. The average molecular weight is 896 g/mol. The van der Waals surface area contributed by atoms with E-state index in [1.807, 2.05) is 18.2 Å². The summed E-state index contributed by atoms with van der Waals surface area (Å²) in [6.07, 6.45) is 10.8. The Hall–Kier alpha value is -8.09. The second-order valence-electron chi connectivity index (χ2n) is 16.3. The largest absolute Gasteiger partial charge is 0.493 e. The molecule has 66 heavy (non-hydrogen) atoms. The molecule has 3 aromatic heterocycles. The molecule has 5 aromatic rings. The van der Waals surface area contributed by atoms with Crippen LogP contribution in [0.2, 0.25) is 0 Å². The monoisotopic (exact) mass is 895 g/mol. The van der Waals surface area contributed by atoms with Crippen molar-refractivity contribution in [2.24, 2.45) is 38.2 Å². The minimum atomic E-state index is -0.440. The summed E-state index contributed by atoms with van der Waals surface area (Å²) in [4.78, 5) is 95.9. The van der Waals surface area contributed by atoms with Gasteiger partial charge in [0.1, 0.15) is 13.2 Å². The minimum Gasteiger partial charge on any atom is -0.493 e. The van der Waals surface area contributed by atoms with Gasteiger partial charge in [-0.2, -0.15) is 0 Å². The van der Waals surface area contributed by atoms with Gasteiger partial charge in [-0.1, -0.05) is 18.2 Å². The topological polar surface area (TPSA) is 203 Å². The Morgan fingerprint density at radius 3 is 1.41 bits per heavy atom. The fourth-order valence-corrected chi connectivity index (χ4v) is 8.59. The first kappa shape index (κ1) is 43.2. The van der Waals surface area contributed by atoms with Crippen LogP contribution in [0.25, 0.3) is 11.1 Å². The van der Waals surface area contributed by atoms with Crippen molar-refractivity contribution in [1.82, 2.24) is 33.1 Å².